The summed E-state index contributed by atoms with van der Waals surface area (Å²) in [4.78, 5) is 12.0. The van der Waals surface area contributed by atoms with Gasteiger partial charge in [-0.05, 0) is 24.3 Å². The van der Waals surface area contributed by atoms with E-state index in [1.807, 2.05) is 42.5 Å². The third-order valence-electron chi connectivity index (χ3n) is 3.39. The number of aromatic amines is 1. The van der Waals surface area contributed by atoms with Crippen molar-refractivity contribution in [3.05, 3.63) is 60.4 Å². The summed E-state index contributed by atoms with van der Waals surface area (Å²) in [6.45, 7) is 0. The Bertz CT molecular complexity index is 939. The number of H-pyrrole nitrogens is 1. The maximum absolute atomic E-state index is 12.0. The number of rotatable bonds is 2. The van der Waals surface area contributed by atoms with Crippen LogP contribution in [-0.2, 0) is 0 Å². The van der Waals surface area contributed by atoms with Crippen LogP contribution in [0.4, 0.5) is 5.69 Å². The van der Waals surface area contributed by atoms with Crippen molar-refractivity contribution >= 4 is 33.5 Å². The van der Waals surface area contributed by atoms with Crippen LogP contribution in [-0.4, -0.2) is 16.1 Å². The predicted octanol–water partition coefficient (Wildman–Crippen LogP) is 3.56. The fourth-order valence-corrected chi connectivity index (χ4v) is 2.38. The van der Waals surface area contributed by atoms with Gasteiger partial charge in [-0.3, -0.25) is 9.89 Å². The molecule has 2 N–H and O–H groups in total. The highest BCUT2D eigenvalue weighted by molar-refractivity contribution is 6.08. The zero-order valence-electron chi connectivity index (χ0n) is 11.0. The van der Waals surface area contributed by atoms with Gasteiger partial charge in [0.05, 0.1) is 11.8 Å². The highest BCUT2D eigenvalue weighted by Gasteiger charge is 2.10. The van der Waals surface area contributed by atoms with Crippen LogP contribution in [0.5, 0.6) is 0 Å². The number of fused-ring (bicyclic) bond motifs is 3. The number of carbonyl (C=O) groups excluding carboxylic acids is 1. The van der Waals surface area contributed by atoms with E-state index in [-0.39, 0.29) is 5.91 Å². The molecule has 0 spiro atoms. The first-order valence-corrected chi connectivity index (χ1v) is 6.53. The maximum Gasteiger partial charge on any atom is 0.258 e. The van der Waals surface area contributed by atoms with Gasteiger partial charge in [-0.25, -0.2) is 0 Å². The molecule has 2 aromatic carbocycles. The lowest BCUT2D eigenvalue weighted by atomic mass is 10.1. The second kappa shape index (κ2) is 4.49. The number of amides is 1. The van der Waals surface area contributed by atoms with Crippen LogP contribution >= 0.6 is 0 Å². The van der Waals surface area contributed by atoms with E-state index in [0.717, 1.165) is 27.6 Å². The fourth-order valence-electron chi connectivity index (χ4n) is 2.38. The zero-order valence-corrected chi connectivity index (χ0v) is 11.0. The summed E-state index contributed by atoms with van der Waals surface area (Å²) in [5, 5.41) is 11.3. The summed E-state index contributed by atoms with van der Waals surface area (Å²) in [5.74, 6) is -0.198. The predicted molar refractivity (Wildman–Crippen MR) is 80.3 cm³/mol. The molecule has 4 rings (SSSR count). The summed E-state index contributed by atoms with van der Waals surface area (Å²) >= 11 is 0. The molecule has 0 aliphatic heterocycles. The second-order valence-corrected chi connectivity index (χ2v) is 4.75. The van der Waals surface area contributed by atoms with Gasteiger partial charge in [0, 0.05) is 22.7 Å². The van der Waals surface area contributed by atoms with Crippen LogP contribution in [0.3, 0.4) is 0 Å². The number of hydrogen-bond acceptors (Lipinski definition) is 3. The average molecular weight is 277 g/mol. The lowest BCUT2D eigenvalue weighted by Crippen LogP contribution is -2.10. The zero-order chi connectivity index (χ0) is 14.2. The standard InChI is InChI=1S/C16H11N3O2/c20-16(10-8-17-18-9-10)19-11-5-6-15-13(7-11)12-3-1-2-4-14(12)21-15/h1-9H,(H,17,18)(H,19,20). The molecule has 1 amide bonds. The molecule has 0 aliphatic rings. The van der Waals surface area contributed by atoms with Crippen molar-refractivity contribution in [2.45, 2.75) is 0 Å². The van der Waals surface area contributed by atoms with Gasteiger partial charge in [-0.2, -0.15) is 5.10 Å². The monoisotopic (exact) mass is 277 g/mol. The molecule has 2 heterocycles. The maximum atomic E-state index is 12.0. The molecule has 21 heavy (non-hydrogen) atoms. The third kappa shape index (κ3) is 1.95. The highest BCUT2D eigenvalue weighted by Crippen LogP contribution is 2.30. The van der Waals surface area contributed by atoms with Gasteiger partial charge in [-0.15, -0.1) is 0 Å². The Balaban J connectivity index is 1.76. The molecule has 4 aromatic rings. The fraction of sp³-hybridized carbons (Fsp3) is 0. The minimum Gasteiger partial charge on any atom is -0.456 e. The van der Waals surface area contributed by atoms with Crippen molar-refractivity contribution in [3.8, 4) is 0 Å². The van der Waals surface area contributed by atoms with Gasteiger partial charge < -0.3 is 9.73 Å². The molecule has 5 nitrogen and oxygen atoms in total. The van der Waals surface area contributed by atoms with Crippen molar-refractivity contribution in [2.24, 2.45) is 0 Å². The molecule has 2 aromatic heterocycles. The van der Waals surface area contributed by atoms with E-state index in [9.17, 15) is 4.79 Å². The molecule has 0 aliphatic carbocycles. The summed E-state index contributed by atoms with van der Waals surface area (Å²) in [5.41, 5.74) is 2.86. The van der Waals surface area contributed by atoms with Gasteiger partial charge in [0.15, 0.2) is 0 Å². The Morgan fingerprint density at radius 3 is 2.81 bits per heavy atom. The summed E-state index contributed by atoms with van der Waals surface area (Å²) in [6.07, 6.45) is 3.04. The van der Waals surface area contributed by atoms with Crippen molar-refractivity contribution in [1.82, 2.24) is 10.2 Å². The number of anilines is 1. The number of benzene rings is 2. The van der Waals surface area contributed by atoms with Crippen LogP contribution in [0.1, 0.15) is 10.4 Å². The molecule has 0 saturated carbocycles. The molecule has 5 heteroatoms. The Hall–Kier alpha value is -3.08. The van der Waals surface area contributed by atoms with Gasteiger partial charge in [-0.1, -0.05) is 18.2 Å². The molecule has 102 valence electrons. The van der Waals surface area contributed by atoms with Gasteiger partial charge in [0.1, 0.15) is 11.2 Å². The SMILES string of the molecule is O=C(Nc1ccc2oc3ccccc3c2c1)c1cn[nH]c1. The Morgan fingerprint density at radius 1 is 1.10 bits per heavy atom. The number of furan rings is 1. The number of para-hydroxylation sites is 1. The smallest absolute Gasteiger partial charge is 0.258 e. The number of nitrogens with one attached hydrogen (secondary N) is 2. The molecule has 0 saturated heterocycles. The first-order valence-electron chi connectivity index (χ1n) is 6.53. The molecule has 0 atom stereocenters. The van der Waals surface area contributed by atoms with Crippen LogP contribution in [0.15, 0.2) is 59.3 Å². The van der Waals surface area contributed by atoms with Gasteiger partial charge >= 0.3 is 0 Å². The van der Waals surface area contributed by atoms with Crippen LogP contribution in [0, 0.1) is 0 Å². The Morgan fingerprint density at radius 2 is 1.95 bits per heavy atom. The topological polar surface area (TPSA) is 70.9 Å². The highest BCUT2D eigenvalue weighted by atomic mass is 16.3. The van der Waals surface area contributed by atoms with E-state index in [4.69, 9.17) is 4.42 Å². The second-order valence-electron chi connectivity index (χ2n) is 4.75. The van der Waals surface area contributed by atoms with Crippen molar-refractivity contribution in [1.29, 1.82) is 0 Å². The molecular weight excluding hydrogens is 266 g/mol. The lowest BCUT2D eigenvalue weighted by molar-refractivity contribution is 0.102. The van der Waals surface area contributed by atoms with Crippen LogP contribution < -0.4 is 5.32 Å². The third-order valence-corrected chi connectivity index (χ3v) is 3.39. The van der Waals surface area contributed by atoms with Crippen molar-refractivity contribution < 1.29 is 9.21 Å². The lowest BCUT2D eigenvalue weighted by Gasteiger charge is -2.03. The Kier molecular flexibility index (Phi) is 2.50. The summed E-state index contributed by atoms with van der Waals surface area (Å²) < 4.78 is 5.76. The van der Waals surface area contributed by atoms with Crippen molar-refractivity contribution in [2.75, 3.05) is 5.32 Å². The molecule has 0 bridgehead atoms. The average Bonchev–Trinajstić information content (AvgIpc) is 3.14. The molecule has 0 fully saturated rings. The first-order chi connectivity index (χ1) is 10.3. The van der Waals surface area contributed by atoms with E-state index in [1.54, 1.807) is 6.20 Å². The van der Waals surface area contributed by atoms with E-state index in [2.05, 4.69) is 15.5 Å². The van der Waals surface area contributed by atoms with Gasteiger partial charge in [0.2, 0.25) is 0 Å². The van der Waals surface area contributed by atoms with Crippen LogP contribution in [0.25, 0.3) is 21.9 Å². The minimum atomic E-state index is -0.198. The molecular formula is C16H11N3O2. The van der Waals surface area contributed by atoms with E-state index in [1.165, 1.54) is 6.20 Å². The number of hydrogen-bond donors (Lipinski definition) is 2. The van der Waals surface area contributed by atoms with E-state index in [0.29, 0.717) is 5.56 Å². The van der Waals surface area contributed by atoms with Crippen molar-refractivity contribution in [3.63, 3.8) is 0 Å². The first kappa shape index (κ1) is 11.7. The number of carbonyl (C=O) groups is 1. The minimum absolute atomic E-state index is 0.198. The summed E-state index contributed by atoms with van der Waals surface area (Å²) in [7, 11) is 0. The Labute approximate surface area is 119 Å². The number of nitrogens with zero attached hydrogens (tertiary/aromatic N) is 1. The van der Waals surface area contributed by atoms with Gasteiger partial charge in [0.25, 0.3) is 5.91 Å². The number of aromatic nitrogens is 2. The quantitative estimate of drug-likeness (QED) is 0.588. The van der Waals surface area contributed by atoms with E-state index >= 15 is 0 Å². The molecule has 0 unspecified atom stereocenters. The van der Waals surface area contributed by atoms with Crippen LogP contribution in [0.2, 0.25) is 0 Å². The normalized spacial score (nSPS) is 11.0. The largest absolute Gasteiger partial charge is 0.456 e. The summed E-state index contributed by atoms with van der Waals surface area (Å²) in [6, 6.07) is 13.4. The molecule has 0 radical (unpaired) electrons. The van der Waals surface area contributed by atoms with E-state index < -0.39 is 0 Å².